The maximum atomic E-state index is 12.7. The van der Waals surface area contributed by atoms with Crippen molar-refractivity contribution in [3.8, 4) is 22.8 Å². The number of carbonyl (C=O) groups excluding carboxylic acids is 1. The minimum Gasteiger partial charge on any atom is -0.497 e. The Morgan fingerprint density at radius 2 is 1.79 bits per heavy atom. The van der Waals surface area contributed by atoms with E-state index in [9.17, 15) is 13.2 Å². The average Bonchev–Trinajstić information content (AvgIpc) is 3.40. The van der Waals surface area contributed by atoms with Gasteiger partial charge in [-0.2, -0.15) is 5.10 Å². The van der Waals surface area contributed by atoms with E-state index in [4.69, 9.17) is 9.47 Å². The number of sulfone groups is 1. The predicted molar refractivity (Wildman–Crippen MR) is 131 cm³/mol. The first-order valence-electron chi connectivity index (χ1n) is 11.2. The van der Waals surface area contributed by atoms with Gasteiger partial charge in [-0.15, -0.1) is 0 Å². The Morgan fingerprint density at radius 3 is 2.38 bits per heavy atom. The summed E-state index contributed by atoms with van der Waals surface area (Å²) in [5, 5.41) is 7.48. The molecule has 1 atom stereocenters. The van der Waals surface area contributed by atoms with Crippen molar-refractivity contribution in [2.75, 3.05) is 30.5 Å². The highest BCUT2D eigenvalue weighted by atomic mass is 32.2. The Morgan fingerprint density at radius 1 is 1.12 bits per heavy atom. The van der Waals surface area contributed by atoms with Gasteiger partial charge in [0.05, 0.1) is 30.4 Å². The van der Waals surface area contributed by atoms with Crippen LogP contribution in [0.15, 0.2) is 54.6 Å². The fourth-order valence-corrected chi connectivity index (χ4v) is 5.61. The third kappa shape index (κ3) is 5.59. The molecule has 1 saturated heterocycles. The normalized spacial score (nSPS) is 17.0. The number of ether oxygens (including phenoxy) is 2. The third-order valence-electron chi connectivity index (χ3n) is 5.86. The van der Waals surface area contributed by atoms with Crippen molar-refractivity contribution in [1.29, 1.82) is 0 Å². The van der Waals surface area contributed by atoms with Gasteiger partial charge in [-0.1, -0.05) is 26.0 Å². The van der Waals surface area contributed by atoms with E-state index in [1.165, 1.54) is 5.56 Å². The Hall–Kier alpha value is -3.33. The van der Waals surface area contributed by atoms with E-state index >= 15 is 0 Å². The van der Waals surface area contributed by atoms with E-state index in [1.807, 2.05) is 48.5 Å². The van der Waals surface area contributed by atoms with E-state index in [1.54, 1.807) is 17.9 Å². The summed E-state index contributed by atoms with van der Waals surface area (Å²) in [7, 11) is -1.53. The molecular formula is C25H29N3O5S. The third-order valence-corrected chi connectivity index (χ3v) is 7.61. The van der Waals surface area contributed by atoms with Crippen LogP contribution in [0.4, 0.5) is 5.82 Å². The number of amides is 1. The molecule has 4 rings (SSSR count). The van der Waals surface area contributed by atoms with Gasteiger partial charge in [-0.05, 0) is 54.3 Å². The van der Waals surface area contributed by atoms with E-state index in [0.717, 1.165) is 11.3 Å². The quantitative estimate of drug-likeness (QED) is 0.519. The lowest BCUT2D eigenvalue weighted by molar-refractivity contribution is -0.118. The molecule has 3 aromatic rings. The van der Waals surface area contributed by atoms with E-state index in [0.29, 0.717) is 29.6 Å². The second-order valence-electron chi connectivity index (χ2n) is 8.71. The second kappa shape index (κ2) is 9.89. The molecule has 34 heavy (non-hydrogen) atoms. The summed E-state index contributed by atoms with van der Waals surface area (Å²) in [6.45, 7) is 4.05. The number of nitrogens with one attached hydrogen (secondary N) is 1. The van der Waals surface area contributed by atoms with Gasteiger partial charge < -0.3 is 14.8 Å². The van der Waals surface area contributed by atoms with Gasteiger partial charge in [0.15, 0.2) is 16.4 Å². The molecule has 1 amide bonds. The summed E-state index contributed by atoms with van der Waals surface area (Å²) in [6, 6.07) is 16.5. The summed E-state index contributed by atoms with van der Waals surface area (Å²) < 4.78 is 36.6. The molecule has 0 aliphatic carbocycles. The second-order valence-corrected chi connectivity index (χ2v) is 10.9. The summed E-state index contributed by atoms with van der Waals surface area (Å²) in [5.74, 6) is 1.94. The van der Waals surface area contributed by atoms with Crippen molar-refractivity contribution >= 4 is 21.6 Å². The van der Waals surface area contributed by atoms with Crippen molar-refractivity contribution in [3.63, 3.8) is 0 Å². The number of methoxy groups -OCH3 is 1. The van der Waals surface area contributed by atoms with E-state index < -0.39 is 9.84 Å². The summed E-state index contributed by atoms with van der Waals surface area (Å²) in [5.41, 5.74) is 2.66. The Bertz CT molecular complexity index is 1250. The highest BCUT2D eigenvalue weighted by Crippen LogP contribution is 2.31. The molecule has 8 nitrogen and oxygen atoms in total. The van der Waals surface area contributed by atoms with Gasteiger partial charge in [0.25, 0.3) is 5.91 Å². The molecule has 0 radical (unpaired) electrons. The van der Waals surface area contributed by atoms with Crippen LogP contribution >= 0.6 is 0 Å². The SMILES string of the molecule is COc1ccc(-c2cc(NC(=O)COc3ccc(C(C)C)cc3)n([C@H]3CCS(=O)(=O)C3)n2)cc1. The predicted octanol–water partition coefficient (Wildman–Crippen LogP) is 4.06. The number of rotatable bonds is 8. The van der Waals surface area contributed by atoms with Crippen molar-refractivity contribution in [2.24, 2.45) is 0 Å². The average molecular weight is 484 g/mol. The van der Waals surface area contributed by atoms with Crippen molar-refractivity contribution < 1.29 is 22.7 Å². The summed E-state index contributed by atoms with van der Waals surface area (Å²) in [4.78, 5) is 12.7. The molecular weight excluding hydrogens is 454 g/mol. The molecule has 2 heterocycles. The topological polar surface area (TPSA) is 99.5 Å². The molecule has 1 fully saturated rings. The fourth-order valence-electron chi connectivity index (χ4n) is 3.91. The van der Waals surface area contributed by atoms with E-state index in [-0.39, 0.29) is 30.1 Å². The van der Waals surface area contributed by atoms with Crippen LogP contribution in [-0.4, -0.2) is 49.3 Å². The molecule has 1 N–H and O–H groups in total. The lowest BCUT2D eigenvalue weighted by atomic mass is 10.0. The Labute approximate surface area is 199 Å². The number of anilines is 1. The molecule has 9 heteroatoms. The maximum Gasteiger partial charge on any atom is 0.263 e. The zero-order chi connectivity index (χ0) is 24.3. The maximum absolute atomic E-state index is 12.7. The summed E-state index contributed by atoms with van der Waals surface area (Å²) in [6.07, 6.45) is 0.452. The Kier molecular flexibility index (Phi) is 6.92. The van der Waals surface area contributed by atoms with Gasteiger partial charge in [0.2, 0.25) is 0 Å². The van der Waals surface area contributed by atoms with Crippen LogP contribution in [-0.2, 0) is 14.6 Å². The number of aromatic nitrogens is 2. The van der Waals surface area contributed by atoms with Gasteiger partial charge >= 0.3 is 0 Å². The number of benzene rings is 2. The van der Waals surface area contributed by atoms with Crippen molar-refractivity contribution in [2.45, 2.75) is 32.2 Å². The van der Waals surface area contributed by atoms with Gasteiger partial charge in [-0.25, -0.2) is 13.1 Å². The summed E-state index contributed by atoms with van der Waals surface area (Å²) >= 11 is 0. The molecule has 1 aliphatic heterocycles. The van der Waals surface area contributed by atoms with E-state index in [2.05, 4.69) is 24.3 Å². The lowest BCUT2D eigenvalue weighted by Crippen LogP contribution is -2.23. The molecule has 1 aromatic heterocycles. The van der Waals surface area contributed by atoms with Crippen LogP contribution in [0.2, 0.25) is 0 Å². The molecule has 1 aliphatic rings. The molecule has 0 unspecified atom stereocenters. The standard InChI is InChI=1S/C25H29N3O5S/c1-17(2)18-4-10-22(11-5-18)33-15-25(29)26-24-14-23(19-6-8-21(32-3)9-7-19)27-28(24)20-12-13-34(30,31)16-20/h4-11,14,17,20H,12-13,15-16H2,1-3H3,(H,26,29)/t20-/m0/s1. The van der Waals surface area contributed by atoms with Gasteiger partial charge in [-0.3, -0.25) is 4.79 Å². The molecule has 0 bridgehead atoms. The molecule has 0 saturated carbocycles. The van der Waals surface area contributed by atoms with Crippen LogP contribution in [0.25, 0.3) is 11.3 Å². The first-order chi connectivity index (χ1) is 16.2. The molecule has 2 aromatic carbocycles. The number of nitrogens with zero attached hydrogens (tertiary/aromatic N) is 2. The van der Waals surface area contributed by atoms with Crippen LogP contribution in [0.5, 0.6) is 11.5 Å². The first kappa shape index (κ1) is 23.8. The smallest absolute Gasteiger partial charge is 0.263 e. The highest BCUT2D eigenvalue weighted by molar-refractivity contribution is 7.91. The van der Waals surface area contributed by atoms with Crippen LogP contribution in [0, 0.1) is 0 Å². The van der Waals surface area contributed by atoms with Crippen molar-refractivity contribution in [1.82, 2.24) is 9.78 Å². The van der Waals surface area contributed by atoms with Crippen LogP contribution in [0.3, 0.4) is 0 Å². The number of hydrogen-bond acceptors (Lipinski definition) is 6. The lowest BCUT2D eigenvalue weighted by Gasteiger charge is -2.14. The first-order valence-corrected chi connectivity index (χ1v) is 13.0. The van der Waals surface area contributed by atoms with Crippen molar-refractivity contribution in [3.05, 3.63) is 60.2 Å². The zero-order valence-electron chi connectivity index (χ0n) is 19.5. The highest BCUT2D eigenvalue weighted by Gasteiger charge is 2.31. The molecule has 0 spiro atoms. The fraction of sp³-hybridized carbons (Fsp3) is 0.360. The number of hydrogen-bond donors (Lipinski definition) is 1. The minimum absolute atomic E-state index is 0.00168. The van der Waals surface area contributed by atoms with Gasteiger partial charge in [0, 0.05) is 11.6 Å². The van der Waals surface area contributed by atoms with Crippen LogP contribution < -0.4 is 14.8 Å². The van der Waals surface area contributed by atoms with Crippen LogP contribution in [0.1, 0.15) is 37.8 Å². The minimum atomic E-state index is -3.12. The zero-order valence-corrected chi connectivity index (χ0v) is 20.3. The Balaban J connectivity index is 1.51. The van der Waals surface area contributed by atoms with Gasteiger partial charge in [0.1, 0.15) is 17.3 Å². The largest absolute Gasteiger partial charge is 0.497 e. The monoisotopic (exact) mass is 483 g/mol. The molecule has 180 valence electrons. The number of carbonyl (C=O) groups is 1.